The average molecular weight is 456 g/mol. The van der Waals surface area contributed by atoms with E-state index in [-0.39, 0.29) is 24.1 Å². The summed E-state index contributed by atoms with van der Waals surface area (Å²) in [5.41, 5.74) is 2.91. The number of rotatable bonds is 7. The van der Waals surface area contributed by atoms with Crippen molar-refractivity contribution in [3.05, 3.63) is 46.2 Å². The van der Waals surface area contributed by atoms with Crippen LogP contribution >= 0.6 is 11.3 Å². The maximum atomic E-state index is 12.8. The van der Waals surface area contributed by atoms with Crippen LogP contribution in [0, 0.1) is 12.8 Å². The minimum absolute atomic E-state index is 0.0198. The molecule has 10 heteroatoms. The zero-order valence-electron chi connectivity index (χ0n) is 18.0. The SMILES string of the molecule is CCOC(=O)c1cc(N2CCCC(C(=O)NCc3nc(-c4ccc(C)nc4)cs3)C2)on1. The van der Waals surface area contributed by atoms with Gasteiger partial charge >= 0.3 is 5.97 Å². The smallest absolute Gasteiger partial charge is 0.360 e. The monoisotopic (exact) mass is 455 g/mol. The van der Waals surface area contributed by atoms with Crippen LogP contribution in [-0.2, 0) is 16.1 Å². The minimum atomic E-state index is -0.516. The number of aryl methyl sites for hydroxylation is 1. The van der Waals surface area contributed by atoms with Crippen molar-refractivity contribution in [2.45, 2.75) is 33.2 Å². The highest BCUT2D eigenvalue weighted by atomic mass is 32.1. The van der Waals surface area contributed by atoms with Gasteiger partial charge in [-0.3, -0.25) is 9.78 Å². The number of pyridine rings is 1. The molecular formula is C22H25N5O4S. The molecule has 168 valence electrons. The Morgan fingerprint density at radius 2 is 2.25 bits per heavy atom. The molecule has 4 rings (SSSR count). The molecule has 1 N–H and O–H groups in total. The first-order valence-electron chi connectivity index (χ1n) is 10.6. The van der Waals surface area contributed by atoms with E-state index in [0.717, 1.165) is 41.3 Å². The number of amides is 1. The van der Waals surface area contributed by atoms with Crippen molar-refractivity contribution in [1.29, 1.82) is 0 Å². The van der Waals surface area contributed by atoms with Gasteiger partial charge in [0.1, 0.15) is 5.01 Å². The summed E-state index contributed by atoms with van der Waals surface area (Å²) < 4.78 is 10.3. The fraction of sp³-hybridized carbons (Fsp3) is 0.409. The van der Waals surface area contributed by atoms with Crippen molar-refractivity contribution in [3.8, 4) is 11.3 Å². The van der Waals surface area contributed by atoms with Crippen molar-refractivity contribution in [2.75, 3.05) is 24.6 Å². The van der Waals surface area contributed by atoms with Gasteiger partial charge in [0.15, 0.2) is 5.69 Å². The van der Waals surface area contributed by atoms with Gasteiger partial charge in [0.25, 0.3) is 0 Å². The Morgan fingerprint density at radius 3 is 3.03 bits per heavy atom. The van der Waals surface area contributed by atoms with Crippen LogP contribution in [0.1, 0.15) is 41.0 Å². The van der Waals surface area contributed by atoms with E-state index in [1.54, 1.807) is 19.2 Å². The number of esters is 1. The third kappa shape index (κ3) is 5.13. The molecular weight excluding hydrogens is 430 g/mol. The fourth-order valence-corrected chi connectivity index (χ4v) is 4.30. The van der Waals surface area contributed by atoms with Crippen LogP contribution in [0.4, 0.5) is 5.88 Å². The Hall–Kier alpha value is -3.27. The molecule has 9 nitrogen and oxygen atoms in total. The predicted octanol–water partition coefficient (Wildman–Crippen LogP) is 3.21. The summed E-state index contributed by atoms with van der Waals surface area (Å²) in [7, 11) is 0. The normalized spacial score (nSPS) is 16.1. The van der Waals surface area contributed by atoms with Gasteiger partial charge in [-0.1, -0.05) is 5.16 Å². The number of nitrogens with zero attached hydrogens (tertiary/aromatic N) is 4. The Kier molecular flexibility index (Phi) is 6.79. The number of piperidine rings is 1. The molecule has 0 spiro atoms. The minimum Gasteiger partial charge on any atom is -0.461 e. The molecule has 1 saturated heterocycles. The summed E-state index contributed by atoms with van der Waals surface area (Å²) in [6, 6.07) is 5.51. The van der Waals surface area contributed by atoms with Gasteiger partial charge in [-0.2, -0.15) is 0 Å². The van der Waals surface area contributed by atoms with Crippen LogP contribution in [0.25, 0.3) is 11.3 Å². The highest BCUT2D eigenvalue weighted by Gasteiger charge is 2.28. The molecule has 3 aromatic heterocycles. The second-order valence-corrected chi connectivity index (χ2v) is 8.53. The van der Waals surface area contributed by atoms with E-state index in [2.05, 4.69) is 20.4 Å². The van der Waals surface area contributed by atoms with Crippen LogP contribution in [0.5, 0.6) is 0 Å². The zero-order chi connectivity index (χ0) is 22.5. The number of thiazole rings is 1. The van der Waals surface area contributed by atoms with Crippen LogP contribution < -0.4 is 10.2 Å². The lowest BCUT2D eigenvalue weighted by molar-refractivity contribution is -0.125. The maximum Gasteiger partial charge on any atom is 0.360 e. The van der Waals surface area contributed by atoms with Crippen molar-refractivity contribution in [2.24, 2.45) is 5.92 Å². The maximum absolute atomic E-state index is 12.8. The standard InChI is InChI=1S/C22H25N5O4S/c1-3-30-22(29)17-9-20(31-26-17)27-8-4-5-16(12-27)21(28)24-11-19-25-18(13-32-19)15-7-6-14(2)23-10-15/h6-7,9-10,13,16H,3-5,8,11-12H2,1-2H3,(H,24,28). The number of carbonyl (C=O) groups excluding carboxylic acids is 2. The Labute approximate surface area is 189 Å². The number of aromatic nitrogens is 3. The van der Waals surface area contributed by atoms with E-state index in [0.29, 0.717) is 19.0 Å². The van der Waals surface area contributed by atoms with Gasteiger partial charge in [-0.25, -0.2) is 9.78 Å². The van der Waals surface area contributed by atoms with E-state index in [1.165, 1.54) is 11.3 Å². The quantitative estimate of drug-likeness (QED) is 0.541. The van der Waals surface area contributed by atoms with E-state index < -0.39 is 5.97 Å². The first kappa shape index (κ1) is 21.9. The highest BCUT2D eigenvalue weighted by molar-refractivity contribution is 7.09. The predicted molar refractivity (Wildman–Crippen MR) is 119 cm³/mol. The molecule has 1 unspecified atom stereocenters. The van der Waals surface area contributed by atoms with Crippen molar-refractivity contribution < 1.29 is 18.8 Å². The van der Waals surface area contributed by atoms with Gasteiger partial charge in [0.2, 0.25) is 11.8 Å². The van der Waals surface area contributed by atoms with E-state index in [9.17, 15) is 9.59 Å². The number of nitrogens with one attached hydrogen (secondary N) is 1. The summed E-state index contributed by atoms with van der Waals surface area (Å²) in [4.78, 5) is 35.4. The third-order valence-corrected chi connectivity index (χ3v) is 6.11. The summed E-state index contributed by atoms with van der Waals surface area (Å²) in [5, 5.41) is 9.60. The summed E-state index contributed by atoms with van der Waals surface area (Å²) in [6.07, 6.45) is 3.44. The summed E-state index contributed by atoms with van der Waals surface area (Å²) in [6.45, 7) is 5.58. The van der Waals surface area contributed by atoms with Gasteiger partial charge in [0, 0.05) is 42.0 Å². The second-order valence-electron chi connectivity index (χ2n) is 7.59. The number of carbonyl (C=O) groups is 2. The lowest BCUT2D eigenvalue weighted by Gasteiger charge is -2.31. The molecule has 32 heavy (non-hydrogen) atoms. The van der Waals surface area contributed by atoms with Crippen molar-refractivity contribution >= 4 is 29.1 Å². The van der Waals surface area contributed by atoms with Crippen molar-refractivity contribution in [3.63, 3.8) is 0 Å². The third-order valence-electron chi connectivity index (χ3n) is 5.26. The molecule has 0 saturated carbocycles. The Bertz CT molecular complexity index is 1080. The van der Waals surface area contributed by atoms with Crippen LogP contribution in [-0.4, -0.2) is 46.7 Å². The van der Waals surface area contributed by atoms with Gasteiger partial charge in [0.05, 0.1) is 24.8 Å². The van der Waals surface area contributed by atoms with Gasteiger partial charge < -0.3 is 19.5 Å². The molecule has 0 bridgehead atoms. The Balaban J connectivity index is 1.32. The number of hydrogen-bond acceptors (Lipinski definition) is 9. The topological polar surface area (TPSA) is 110 Å². The lowest BCUT2D eigenvalue weighted by Crippen LogP contribution is -2.42. The number of hydrogen-bond donors (Lipinski definition) is 1. The zero-order valence-corrected chi connectivity index (χ0v) is 18.9. The van der Waals surface area contributed by atoms with E-state index in [1.807, 2.05) is 29.3 Å². The molecule has 3 aromatic rings. The molecule has 1 amide bonds. The molecule has 0 aliphatic carbocycles. The second kappa shape index (κ2) is 9.90. The van der Waals surface area contributed by atoms with Gasteiger partial charge in [-0.05, 0) is 38.8 Å². The number of anilines is 1. The highest BCUT2D eigenvalue weighted by Crippen LogP contribution is 2.25. The van der Waals surface area contributed by atoms with Crippen molar-refractivity contribution in [1.82, 2.24) is 20.4 Å². The molecule has 1 aliphatic rings. The average Bonchev–Trinajstić information content (AvgIpc) is 3.48. The molecule has 1 aliphatic heterocycles. The molecule has 0 radical (unpaired) electrons. The van der Waals surface area contributed by atoms with E-state index >= 15 is 0 Å². The summed E-state index contributed by atoms with van der Waals surface area (Å²) >= 11 is 1.51. The van der Waals surface area contributed by atoms with Crippen LogP contribution in [0.15, 0.2) is 34.3 Å². The fourth-order valence-electron chi connectivity index (χ4n) is 3.56. The Morgan fingerprint density at radius 1 is 1.38 bits per heavy atom. The van der Waals surface area contributed by atoms with Crippen LogP contribution in [0.2, 0.25) is 0 Å². The lowest BCUT2D eigenvalue weighted by atomic mass is 9.97. The molecule has 4 heterocycles. The molecule has 0 aromatic carbocycles. The van der Waals surface area contributed by atoms with Crippen LogP contribution in [0.3, 0.4) is 0 Å². The van der Waals surface area contributed by atoms with E-state index in [4.69, 9.17) is 9.26 Å². The largest absolute Gasteiger partial charge is 0.461 e. The molecule has 1 fully saturated rings. The first-order valence-corrected chi connectivity index (χ1v) is 11.5. The number of ether oxygens (including phenoxy) is 1. The first-order chi connectivity index (χ1) is 15.5. The van der Waals surface area contributed by atoms with Gasteiger partial charge in [-0.15, -0.1) is 11.3 Å². The molecule has 1 atom stereocenters. The summed E-state index contributed by atoms with van der Waals surface area (Å²) in [5.74, 6) is -0.242.